The average Bonchev–Trinajstić information content (AvgIpc) is 3.29. The first-order valence-corrected chi connectivity index (χ1v) is 10.5. The summed E-state index contributed by atoms with van der Waals surface area (Å²) in [6.45, 7) is 4.74. The molecule has 0 fully saturated rings. The summed E-state index contributed by atoms with van der Waals surface area (Å²) >= 11 is 1.39. The van der Waals surface area contributed by atoms with Crippen LogP contribution >= 0.6 is 11.3 Å². The van der Waals surface area contributed by atoms with Crippen LogP contribution in [0.2, 0.25) is 0 Å². The van der Waals surface area contributed by atoms with Gasteiger partial charge in [0, 0.05) is 29.7 Å². The van der Waals surface area contributed by atoms with Crippen LogP contribution in [-0.4, -0.2) is 21.8 Å². The van der Waals surface area contributed by atoms with Crippen molar-refractivity contribution in [1.82, 2.24) is 9.38 Å². The molecule has 4 nitrogen and oxygen atoms in total. The third-order valence-electron chi connectivity index (χ3n) is 4.94. The van der Waals surface area contributed by atoms with Crippen molar-refractivity contribution in [2.24, 2.45) is 0 Å². The highest BCUT2D eigenvalue weighted by Gasteiger charge is 2.23. The highest BCUT2D eigenvalue weighted by atomic mass is 32.1. The van der Waals surface area contributed by atoms with E-state index in [9.17, 15) is 9.18 Å². The molecule has 148 valence electrons. The number of para-hydroxylation sites is 1. The predicted octanol–water partition coefficient (Wildman–Crippen LogP) is 5.96. The van der Waals surface area contributed by atoms with E-state index >= 15 is 0 Å². The molecule has 0 aliphatic heterocycles. The molecule has 4 rings (SSSR count). The monoisotopic (exact) mass is 407 g/mol. The molecule has 0 aliphatic rings. The van der Waals surface area contributed by atoms with Crippen LogP contribution in [0, 0.1) is 12.7 Å². The molecule has 0 saturated heterocycles. The van der Waals surface area contributed by atoms with E-state index in [1.54, 1.807) is 12.1 Å². The Bertz CT molecular complexity index is 1130. The Morgan fingerprint density at radius 2 is 1.86 bits per heavy atom. The van der Waals surface area contributed by atoms with Crippen molar-refractivity contribution in [3.05, 3.63) is 77.2 Å². The van der Waals surface area contributed by atoms with Crippen molar-refractivity contribution in [1.29, 1.82) is 0 Å². The highest BCUT2D eigenvalue weighted by Crippen LogP contribution is 2.29. The van der Waals surface area contributed by atoms with Crippen LogP contribution in [0.3, 0.4) is 0 Å². The molecule has 0 N–H and O–H groups in total. The third kappa shape index (κ3) is 3.80. The number of anilines is 1. The smallest absolute Gasteiger partial charge is 0.270 e. The van der Waals surface area contributed by atoms with E-state index in [0.29, 0.717) is 11.4 Å². The molecule has 2 aromatic carbocycles. The fourth-order valence-corrected chi connectivity index (χ4v) is 4.36. The third-order valence-corrected chi connectivity index (χ3v) is 6.08. The molecular weight excluding hydrogens is 385 g/mol. The summed E-state index contributed by atoms with van der Waals surface area (Å²) in [6, 6.07) is 16.1. The van der Waals surface area contributed by atoms with Gasteiger partial charge in [0.1, 0.15) is 10.7 Å². The molecule has 2 heterocycles. The summed E-state index contributed by atoms with van der Waals surface area (Å²) in [4.78, 5) is 21.3. The lowest BCUT2D eigenvalue weighted by atomic mass is 10.2. The number of hydrogen-bond acceptors (Lipinski definition) is 3. The van der Waals surface area contributed by atoms with E-state index in [1.165, 1.54) is 23.5 Å². The number of aryl methyl sites for hydroxylation is 1. The number of halogens is 1. The molecule has 0 radical (unpaired) electrons. The summed E-state index contributed by atoms with van der Waals surface area (Å²) in [5.41, 5.74) is 3.39. The van der Waals surface area contributed by atoms with Crippen molar-refractivity contribution in [3.8, 4) is 11.3 Å². The highest BCUT2D eigenvalue weighted by molar-refractivity contribution is 7.19. The Hall–Kier alpha value is -2.99. The molecule has 0 bridgehead atoms. The van der Waals surface area contributed by atoms with E-state index in [2.05, 4.69) is 11.9 Å². The number of fused-ring (bicyclic) bond motifs is 1. The first kappa shape index (κ1) is 19.3. The summed E-state index contributed by atoms with van der Waals surface area (Å²) < 4.78 is 15.1. The molecule has 2 aromatic heterocycles. The average molecular weight is 408 g/mol. The molecule has 29 heavy (non-hydrogen) atoms. The molecule has 0 unspecified atom stereocenters. The quantitative estimate of drug-likeness (QED) is 0.396. The minimum Gasteiger partial charge on any atom is -0.308 e. The lowest BCUT2D eigenvalue weighted by molar-refractivity contribution is 0.0989. The maximum absolute atomic E-state index is 13.4. The second-order valence-corrected chi connectivity index (χ2v) is 7.93. The van der Waals surface area contributed by atoms with Crippen LogP contribution in [0.5, 0.6) is 0 Å². The number of unbranched alkanes of at least 4 members (excludes halogenated alkanes) is 1. The Morgan fingerprint density at radius 3 is 2.52 bits per heavy atom. The number of nitrogens with zero attached hydrogens (tertiary/aromatic N) is 3. The Balaban J connectivity index is 1.69. The molecular formula is C23H22FN3OS. The van der Waals surface area contributed by atoms with Crippen LogP contribution in [0.1, 0.15) is 35.1 Å². The van der Waals surface area contributed by atoms with Crippen LogP contribution in [0.25, 0.3) is 16.2 Å². The zero-order valence-corrected chi connectivity index (χ0v) is 17.2. The lowest BCUT2D eigenvalue weighted by Gasteiger charge is -2.22. The van der Waals surface area contributed by atoms with Gasteiger partial charge in [-0.25, -0.2) is 9.37 Å². The molecule has 0 atom stereocenters. The Morgan fingerprint density at radius 1 is 1.14 bits per heavy atom. The van der Waals surface area contributed by atoms with Gasteiger partial charge < -0.3 is 4.90 Å². The summed E-state index contributed by atoms with van der Waals surface area (Å²) in [7, 11) is 0. The van der Waals surface area contributed by atoms with E-state index in [1.807, 2.05) is 52.8 Å². The number of carbonyl (C=O) groups excluding carboxylic acids is 1. The number of amides is 1. The maximum Gasteiger partial charge on any atom is 0.270 e. The van der Waals surface area contributed by atoms with Gasteiger partial charge >= 0.3 is 0 Å². The normalized spacial score (nSPS) is 11.1. The van der Waals surface area contributed by atoms with Crippen LogP contribution in [0.4, 0.5) is 10.1 Å². The van der Waals surface area contributed by atoms with Gasteiger partial charge in [-0.05, 0) is 49.7 Å². The van der Waals surface area contributed by atoms with E-state index in [4.69, 9.17) is 0 Å². The first-order valence-electron chi connectivity index (χ1n) is 9.70. The predicted molar refractivity (Wildman–Crippen MR) is 116 cm³/mol. The zero-order chi connectivity index (χ0) is 20.4. The van der Waals surface area contributed by atoms with Gasteiger partial charge in [0.25, 0.3) is 5.91 Å². The van der Waals surface area contributed by atoms with E-state index in [0.717, 1.165) is 40.4 Å². The first-order chi connectivity index (χ1) is 14.1. The molecule has 0 spiro atoms. The largest absolute Gasteiger partial charge is 0.308 e. The number of aromatic nitrogens is 2. The number of imidazole rings is 1. The Labute approximate surface area is 173 Å². The second-order valence-electron chi connectivity index (χ2n) is 6.95. The van der Waals surface area contributed by atoms with Gasteiger partial charge in [-0.1, -0.05) is 42.9 Å². The maximum atomic E-state index is 13.4. The van der Waals surface area contributed by atoms with E-state index < -0.39 is 0 Å². The number of hydrogen-bond donors (Lipinski definition) is 0. The van der Waals surface area contributed by atoms with Crippen LogP contribution < -0.4 is 4.90 Å². The number of benzene rings is 2. The Kier molecular flexibility index (Phi) is 5.45. The van der Waals surface area contributed by atoms with Crippen molar-refractivity contribution >= 4 is 27.9 Å². The lowest BCUT2D eigenvalue weighted by Crippen LogP contribution is -2.31. The van der Waals surface area contributed by atoms with Gasteiger partial charge in [-0.3, -0.25) is 9.20 Å². The molecule has 4 aromatic rings. The fourth-order valence-electron chi connectivity index (χ4n) is 3.30. The molecule has 0 saturated carbocycles. The van der Waals surface area contributed by atoms with Crippen molar-refractivity contribution in [2.45, 2.75) is 26.7 Å². The molecule has 1 amide bonds. The van der Waals surface area contributed by atoms with Crippen molar-refractivity contribution in [3.63, 3.8) is 0 Å². The number of carbonyl (C=O) groups is 1. The van der Waals surface area contributed by atoms with Crippen LogP contribution in [-0.2, 0) is 0 Å². The van der Waals surface area contributed by atoms with E-state index in [-0.39, 0.29) is 11.7 Å². The minimum atomic E-state index is -0.271. The summed E-state index contributed by atoms with van der Waals surface area (Å²) in [5, 5.41) is 0. The van der Waals surface area contributed by atoms with Crippen molar-refractivity contribution < 1.29 is 9.18 Å². The summed E-state index contributed by atoms with van der Waals surface area (Å²) in [5.74, 6) is -0.270. The fraction of sp³-hybridized carbons (Fsp3) is 0.217. The molecule has 6 heteroatoms. The van der Waals surface area contributed by atoms with Gasteiger partial charge in [-0.2, -0.15) is 0 Å². The topological polar surface area (TPSA) is 37.6 Å². The molecule has 0 aliphatic carbocycles. The standard InChI is InChI=1S/C23H22FN3OS/c1-3-4-14-26(19-8-6-5-7-9-19)22(28)21-16(2)27-15-20(25-23(27)29-21)17-10-12-18(24)13-11-17/h5-13,15H,3-4,14H2,1-2H3. The van der Waals surface area contributed by atoms with Gasteiger partial charge in [0.2, 0.25) is 0 Å². The number of rotatable bonds is 6. The second kappa shape index (κ2) is 8.17. The zero-order valence-electron chi connectivity index (χ0n) is 16.4. The van der Waals surface area contributed by atoms with Gasteiger partial charge in [0.05, 0.1) is 5.69 Å². The van der Waals surface area contributed by atoms with Crippen molar-refractivity contribution in [2.75, 3.05) is 11.4 Å². The van der Waals surface area contributed by atoms with Gasteiger partial charge in [-0.15, -0.1) is 0 Å². The SMILES string of the molecule is CCCCN(C(=O)c1sc2nc(-c3ccc(F)cc3)cn2c1C)c1ccccc1. The minimum absolute atomic E-state index is 0.000909. The van der Waals surface area contributed by atoms with Gasteiger partial charge in [0.15, 0.2) is 4.96 Å². The summed E-state index contributed by atoms with van der Waals surface area (Å²) in [6.07, 6.45) is 3.87. The number of thiazole rings is 1. The van der Waals surface area contributed by atoms with Crippen LogP contribution in [0.15, 0.2) is 60.8 Å².